The second-order valence-corrected chi connectivity index (χ2v) is 5.98. The largest absolute Gasteiger partial charge is 0.487 e. The zero-order chi connectivity index (χ0) is 18.2. The number of para-hydroxylation sites is 1. The Labute approximate surface area is 143 Å². The van der Waals surface area contributed by atoms with E-state index in [4.69, 9.17) is 4.74 Å². The van der Waals surface area contributed by atoms with Gasteiger partial charge in [-0.15, -0.1) is 0 Å². The maximum atomic E-state index is 13.1. The van der Waals surface area contributed by atoms with E-state index in [1.54, 1.807) is 19.1 Å². The minimum Gasteiger partial charge on any atom is -0.487 e. The van der Waals surface area contributed by atoms with Crippen LogP contribution in [0.25, 0.3) is 0 Å². The number of carbonyl (C=O) groups excluding carboxylic acids is 1. The molecule has 7 heteroatoms. The number of alkyl halides is 3. The number of hydrogen-bond acceptors (Lipinski definition) is 2. The third kappa shape index (κ3) is 3.55. The van der Waals surface area contributed by atoms with Gasteiger partial charge >= 0.3 is 12.2 Å². The first-order chi connectivity index (χ1) is 11.8. The van der Waals surface area contributed by atoms with Crippen LogP contribution in [0, 0.1) is 6.92 Å². The first-order valence-corrected chi connectivity index (χ1v) is 7.78. The molecule has 0 saturated heterocycles. The normalized spacial score (nSPS) is 16.8. The van der Waals surface area contributed by atoms with Crippen LogP contribution in [-0.4, -0.2) is 18.7 Å². The third-order valence-corrected chi connectivity index (χ3v) is 3.89. The highest BCUT2D eigenvalue weighted by Gasteiger charge is 2.35. The summed E-state index contributed by atoms with van der Waals surface area (Å²) in [5.41, 5.74) is 0.313. The lowest BCUT2D eigenvalue weighted by Crippen LogP contribution is -2.44. The van der Waals surface area contributed by atoms with Crippen molar-refractivity contribution in [2.45, 2.75) is 26.1 Å². The van der Waals surface area contributed by atoms with Gasteiger partial charge in [0.25, 0.3) is 0 Å². The van der Waals surface area contributed by atoms with Crippen molar-refractivity contribution in [1.29, 1.82) is 0 Å². The smallest absolute Gasteiger partial charge is 0.418 e. The summed E-state index contributed by atoms with van der Waals surface area (Å²) in [5.74, 6) is 0.531. The fraction of sp³-hybridized carbons (Fsp3) is 0.278. The zero-order valence-electron chi connectivity index (χ0n) is 13.7. The van der Waals surface area contributed by atoms with Gasteiger partial charge in [0.15, 0.2) is 0 Å². The molecule has 25 heavy (non-hydrogen) atoms. The number of urea groups is 1. The summed E-state index contributed by atoms with van der Waals surface area (Å²) in [6, 6.07) is 9.67. The molecule has 2 aromatic rings. The molecule has 1 heterocycles. The highest BCUT2D eigenvalue weighted by molar-refractivity contribution is 6.03. The number of rotatable bonds is 1. The van der Waals surface area contributed by atoms with Crippen LogP contribution in [-0.2, 0) is 6.18 Å². The molecule has 0 aliphatic carbocycles. The van der Waals surface area contributed by atoms with E-state index >= 15 is 0 Å². The van der Waals surface area contributed by atoms with Gasteiger partial charge in [0, 0.05) is 0 Å². The van der Waals surface area contributed by atoms with Crippen molar-refractivity contribution in [3.8, 4) is 5.75 Å². The Hall–Kier alpha value is -2.70. The highest BCUT2D eigenvalue weighted by atomic mass is 19.4. The number of ether oxygens (including phenoxy) is 1. The van der Waals surface area contributed by atoms with Crippen molar-refractivity contribution in [2.75, 3.05) is 16.8 Å². The number of amides is 2. The number of benzene rings is 2. The van der Waals surface area contributed by atoms with E-state index in [9.17, 15) is 18.0 Å². The Balaban J connectivity index is 1.92. The molecular weight excluding hydrogens is 333 g/mol. The molecule has 2 amide bonds. The molecule has 3 rings (SSSR count). The molecule has 1 atom stereocenters. The van der Waals surface area contributed by atoms with Crippen LogP contribution >= 0.6 is 0 Å². The predicted octanol–water partition coefficient (Wildman–Crippen LogP) is 4.83. The molecule has 4 nitrogen and oxygen atoms in total. The quantitative estimate of drug-likeness (QED) is 0.800. The fourth-order valence-corrected chi connectivity index (χ4v) is 2.76. The molecule has 0 saturated carbocycles. The number of fused-ring (bicyclic) bond motifs is 1. The van der Waals surface area contributed by atoms with Crippen molar-refractivity contribution in [3.63, 3.8) is 0 Å². The van der Waals surface area contributed by atoms with Crippen molar-refractivity contribution in [3.05, 3.63) is 53.6 Å². The fourth-order valence-electron chi connectivity index (χ4n) is 2.76. The van der Waals surface area contributed by atoms with Gasteiger partial charge in [-0.2, -0.15) is 13.2 Å². The summed E-state index contributed by atoms with van der Waals surface area (Å²) in [7, 11) is 0. The number of halogens is 3. The summed E-state index contributed by atoms with van der Waals surface area (Å²) in [4.78, 5) is 14.1. The summed E-state index contributed by atoms with van der Waals surface area (Å²) < 4.78 is 45.0. The van der Waals surface area contributed by atoms with Gasteiger partial charge in [-0.25, -0.2) is 4.79 Å². The van der Waals surface area contributed by atoms with Gasteiger partial charge in [-0.05, 0) is 43.7 Å². The summed E-state index contributed by atoms with van der Waals surface area (Å²) in [6.07, 6.45) is -4.81. The van der Waals surface area contributed by atoms with E-state index < -0.39 is 17.8 Å². The van der Waals surface area contributed by atoms with Crippen LogP contribution in [0.4, 0.5) is 29.3 Å². The van der Waals surface area contributed by atoms with Crippen LogP contribution in [0.5, 0.6) is 5.75 Å². The second kappa shape index (κ2) is 6.31. The maximum absolute atomic E-state index is 13.1. The van der Waals surface area contributed by atoms with Crippen molar-refractivity contribution < 1.29 is 22.7 Å². The van der Waals surface area contributed by atoms with Crippen molar-refractivity contribution >= 4 is 17.4 Å². The van der Waals surface area contributed by atoms with Gasteiger partial charge in [-0.3, -0.25) is 4.90 Å². The van der Waals surface area contributed by atoms with Crippen LogP contribution < -0.4 is 15.0 Å². The van der Waals surface area contributed by atoms with Crippen LogP contribution in [0.1, 0.15) is 18.1 Å². The highest BCUT2D eigenvalue weighted by Crippen LogP contribution is 2.37. The zero-order valence-corrected chi connectivity index (χ0v) is 13.7. The third-order valence-electron chi connectivity index (χ3n) is 3.89. The molecule has 0 unspecified atom stereocenters. The number of nitrogens with zero attached hydrogens (tertiary/aromatic N) is 1. The Morgan fingerprint density at radius 3 is 2.68 bits per heavy atom. The second-order valence-electron chi connectivity index (χ2n) is 5.98. The number of hydrogen-bond donors (Lipinski definition) is 1. The van der Waals surface area contributed by atoms with Gasteiger partial charge < -0.3 is 10.1 Å². The summed E-state index contributed by atoms with van der Waals surface area (Å²) in [6.45, 7) is 3.91. The number of nitrogens with one attached hydrogen (secondary N) is 1. The average molecular weight is 350 g/mol. The standard InChI is InChI=1S/C18H17F3N2O2/c1-11-7-8-16-15(9-11)23(10-12(2)25-16)17(24)22-14-6-4-3-5-13(14)18(19,20)21/h3-9,12H,10H2,1-2H3,(H,22,24)/t12-/m1/s1. The number of aryl methyl sites for hydroxylation is 1. The van der Waals surface area contributed by atoms with Crippen LogP contribution in [0.3, 0.4) is 0 Å². The topological polar surface area (TPSA) is 41.6 Å². The first-order valence-electron chi connectivity index (χ1n) is 7.78. The molecule has 1 aliphatic rings. The van der Waals surface area contributed by atoms with Gasteiger partial charge in [0.1, 0.15) is 11.9 Å². The molecule has 0 bridgehead atoms. The van der Waals surface area contributed by atoms with E-state index in [1.807, 2.05) is 13.0 Å². The SMILES string of the molecule is Cc1ccc2c(c1)N(C(=O)Nc1ccccc1C(F)(F)F)C[C@@H](C)O2. The lowest BCUT2D eigenvalue weighted by atomic mass is 10.1. The molecule has 0 radical (unpaired) electrons. The number of carbonyl (C=O) groups is 1. The lowest BCUT2D eigenvalue weighted by Gasteiger charge is -2.33. The molecule has 132 valence electrons. The Bertz CT molecular complexity index is 805. The minimum absolute atomic E-state index is 0.246. The minimum atomic E-state index is -4.54. The van der Waals surface area contributed by atoms with Gasteiger partial charge in [0.05, 0.1) is 23.5 Å². The van der Waals surface area contributed by atoms with E-state index in [1.165, 1.54) is 23.1 Å². The van der Waals surface area contributed by atoms with E-state index in [2.05, 4.69) is 5.32 Å². The molecule has 1 N–H and O–H groups in total. The first kappa shape index (κ1) is 17.1. The van der Waals surface area contributed by atoms with Gasteiger partial charge in [-0.1, -0.05) is 18.2 Å². The Morgan fingerprint density at radius 1 is 1.24 bits per heavy atom. The molecule has 0 aromatic heterocycles. The molecule has 2 aromatic carbocycles. The monoisotopic (exact) mass is 350 g/mol. The molecule has 0 spiro atoms. The number of anilines is 2. The van der Waals surface area contributed by atoms with E-state index in [0.29, 0.717) is 11.4 Å². The Kier molecular flexibility index (Phi) is 4.32. The van der Waals surface area contributed by atoms with E-state index in [-0.39, 0.29) is 18.3 Å². The van der Waals surface area contributed by atoms with Crippen molar-refractivity contribution in [2.24, 2.45) is 0 Å². The average Bonchev–Trinajstić information content (AvgIpc) is 2.54. The maximum Gasteiger partial charge on any atom is 0.418 e. The molecule has 1 aliphatic heterocycles. The van der Waals surface area contributed by atoms with Gasteiger partial charge in [0.2, 0.25) is 0 Å². The summed E-state index contributed by atoms with van der Waals surface area (Å²) >= 11 is 0. The molecular formula is C18H17F3N2O2. The van der Waals surface area contributed by atoms with Crippen LogP contribution in [0.15, 0.2) is 42.5 Å². The van der Waals surface area contributed by atoms with Crippen LogP contribution in [0.2, 0.25) is 0 Å². The predicted molar refractivity (Wildman–Crippen MR) is 89.1 cm³/mol. The molecule has 0 fully saturated rings. The summed E-state index contributed by atoms with van der Waals surface area (Å²) in [5, 5.41) is 2.38. The lowest BCUT2D eigenvalue weighted by molar-refractivity contribution is -0.136. The van der Waals surface area contributed by atoms with Crippen molar-refractivity contribution in [1.82, 2.24) is 0 Å². The Morgan fingerprint density at radius 2 is 1.96 bits per heavy atom. The van der Waals surface area contributed by atoms with E-state index in [0.717, 1.165) is 11.6 Å².